The van der Waals surface area contributed by atoms with Crippen molar-refractivity contribution in [2.45, 2.75) is 19.3 Å². The average molecular weight is 219 g/mol. The monoisotopic (exact) mass is 219 g/mol. The average Bonchev–Trinajstić information content (AvgIpc) is 2.17. The summed E-state index contributed by atoms with van der Waals surface area (Å²) in [5, 5.41) is 0. The summed E-state index contributed by atoms with van der Waals surface area (Å²) in [5.41, 5.74) is 0. The summed E-state index contributed by atoms with van der Waals surface area (Å²) in [7, 11) is -4.02. The molecule has 0 aliphatic carbocycles. The fourth-order valence-electron chi connectivity index (χ4n) is 2.78. The van der Waals surface area contributed by atoms with Crippen LogP contribution in [-0.4, -0.2) is 49.4 Å². The van der Waals surface area contributed by atoms with Crippen LogP contribution in [0.15, 0.2) is 0 Å². The number of nitrogens with zero attached hydrogens (tertiary/aromatic N) is 1. The van der Waals surface area contributed by atoms with Gasteiger partial charge in [-0.05, 0) is 25.2 Å². The maximum absolute atomic E-state index is 10.6. The van der Waals surface area contributed by atoms with Crippen LogP contribution in [0, 0.1) is 5.92 Å². The van der Waals surface area contributed by atoms with Gasteiger partial charge in [0.25, 0.3) is 0 Å². The molecule has 0 unspecified atom stereocenters. The fourth-order valence-corrected chi connectivity index (χ4v) is 3.39. The van der Waals surface area contributed by atoms with Crippen LogP contribution in [0.1, 0.15) is 19.3 Å². The lowest BCUT2D eigenvalue weighted by atomic mass is 9.86. The van der Waals surface area contributed by atoms with E-state index in [1.54, 1.807) is 0 Å². The van der Waals surface area contributed by atoms with E-state index >= 15 is 0 Å². The predicted octanol–water partition coefficient (Wildman–Crippen LogP) is 0.162. The molecule has 0 atom stereocenters. The Labute approximate surface area is 85.2 Å². The van der Waals surface area contributed by atoms with E-state index in [4.69, 9.17) is 0 Å². The van der Waals surface area contributed by atoms with Gasteiger partial charge in [-0.25, -0.2) is 8.42 Å². The molecule has 0 aromatic carbocycles. The van der Waals surface area contributed by atoms with Crippen molar-refractivity contribution in [1.29, 1.82) is 0 Å². The Balaban J connectivity index is 1.95. The summed E-state index contributed by atoms with van der Waals surface area (Å²) in [5.74, 6) is 0.691. The van der Waals surface area contributed by atoms with E-state index in [1.165, 1.54) is 19.3 Å². The zero-order chi connectivity index (χ0) is 10.2. The number of fused-ring (bicyclic) bond motifs is 3. The topological polar surface area (TPSA) is 57.2 Å². The molecular formula is C9H17NO3S. The minimum absolute atomic E-state index is 0.183. The van der Waals surface area contributed by atoms with E-state index in [1.807, 2.05) is 0 Å². The molecule has 3 rings (SSSR count). The Bertz CT molecular complexity index is 290. The molecule has 14 heavy (non-hydrogen) atoms. The lowest BCUT2D eigenvalue weighted by Crippen LogP contribution is -2.59. The van der Waals surface area contributed by atoms with Crippen LogP contribution in [0.5, 0.6) is 0 Å². The summed E-state index contributed by atoms with van der Waals surface area (Å²) in [6.07, 6.45) is 3.66. The van der Waals surface area contributed by atoms with Crippen molar-refractivity contribution in [2.24, 2.45) is 5.92 Å². The van der Waals surface area contributed by atoms with E-state index < -0.39 is 10.1 Å². The van der Waals surface area contributed by atoms with E-state index in [2.05, 4.69) is 0 Å². The highest BCUT2D eigenvalue weighted by atomic mass is 32.2. The van der Waals surface area contributed by atoms with Crippen molar-refractivity contribution in [3.8, 4) is 0 Å². The third-order valence-electron chi connectivity index (χ3n) is 3.85. The maximum Gasteiger partial charge on any atom is 0.100 e. The second-order valence-electron chi connectivity index (χ2n) is 4.73. The second-order valence-corrected chi connectivity index (χ2v) is 6.25. The van der Waals surface area contributed by atoms with Gasteiger partial charge < -0.3 is 9.04 Å². The van der Waals surface area contributed by atoms with Gasteiger partial charge >= 0.3 is 0 Å². The quantitative estimate of drug-likeness (QED) is 0.502. The molecule has 0 N–H and O–H groups in total. The molecule has 3 heterocycles. The Kier molecular flexibility index (Phi) is 2.57. The van der Waals surface area contributed by atoms with Gasteiger partial charge in [0.15, 0.2) is 0 Å². The SMILES string of the molecule is O=S(=O)([O-])CC[N+]12CCC(CC1)CC2. The molecule has 0 radical (unpaired) electrons. The summed E-state index contributed by atoms with van der Waals surface area (Å²) < 4.78 is 32.6. The molecule has 4 nitrogen and oxygen atoms in total. The first-order valence-electron chi connectivity index (χ1n) is 5.28. The van der Waals surface area contributed by atoms with Crippen LogP contribution in [-0.2, 0) is 10.1 Å². The molecule has 3 aliphatic heterocycles. The first kappa shape index (κ1) is 10.4. The zero-order valence-corrected chi connectivity index (χ0v) is 9.13. The molecule has 0 amide bonds. The Morgan fingerprint density at radius 1 is 1.14 bits per heavy atom. The third kappa shape index (κ3) is 2.27. The molecule has 3 saturated heterocycles. The molecule has 5 heteroatoms. The largest absolute Gasteiger partial charge is 0.748 e. The molecule has 3 fully saturated rings. The molecule has 0 spiro atoms. The van der Waals surface area contributed by atoms with Crippen LogP contribution in [0.4, 0.5) is 0 Å². The van der Waals surface area contributed by atoms with Crippen molar-refractivity contribution < 1.29 is 17.5 Å². The van der Waals surface area contributed by atoms with Gasteiger partial charge in [0.1, 0.15) is 10.1 Å². The summed E-state index contributed by atoms with van der Waals surface area (Å²) in [6.45, 7) is 3.79. The number of rotatable bonds is 3. The van der Waals surface area contributed by atoms with Gasteiger partial charge in [0, 0.05) is 0 Å². The van der Waals surface area contributed by atoms with E-state index in [-0.39, 0.29) is 5.75 Å². The van der Waals surface area contributed by atoms with Gasteiger partial charge in [-0.3, -0.25) is 0 Å². The van der Waals surface area contributed by atoms with Crippen LogP contribution >= 0.6 is 0 Å². The smallest absolute Gasteiger partial charge is 0.100 e. The first-order valence-corrected chi connectivity index (χ1v) is 6.86. The van der Waals surface area contributed by atoms with E-state index in [9.17, 15) is 13.0 Å². The van der Waals surface area contributed by atoms with Gasteiger partial charge in [-0.2, -0.15) is 0 Å². The number of quaternary nitrogens is 1. The maximum atomic E-state index is 10.6. The highest BCUT2D eigenvalue weighted by Crippen LogP contribution is 2.33. The molecule has 0 saturated carbocycles. The summed E-state index contributed by atoms with van der Waals surface area (Å²) in [4.78, 5) is 0. The van der Waals surface area contributed by atoms with Crippen LogP contribution in [0.3, 0.4) is 0 Å². The second kappa shape index (κ2) is 3.47. The van der Waals surface area contributed by atoms with Gasteiger partial charge in [0.2, 0.25) is 0 Å². The molecular weight excluding hydrogens is 202 g/mol. The van der Waals surface area contributed by atoms with Gasteiger partial charge in [0.05, 0.1) is 31.9 Å². The Hall–Kier alpha value is -0.130. The van der Waals surface area contributed by atoms with Crippen LogP contribution in [0.25, 0.3) is 0 Å². The lowest BCUT2D eigenvalue weighted by Gasteiger charge is -2.49. The normalized spacial score (nSPS) is 37.4. The summed E-state index contributed by atoms with van der Waals surface area (Å²) in [6, 6.07) is 0. The Morgan fingerprint density at radius 2 is 1.64 bits per heavy atom. The standard InChI is InChI=1S/C9H17NO3S/c11-14(12,13)8-7-10-4-1-9(2-5-10)3-6-10/h9H,1-8H2. The predicted molar refractivity (Wildman–Crippen MR) is 51.6 cm³/mol. The molecule has 2 bridgehead atoms. The van der Waals surface area contributed by atoms with Crippen molar-refractivity contribution in [3.05, 3.63) is 0 Å². The summed E-state index contributed by atoms with van der Waals surface area (Å²) >= 11 is 0. The highest BCUT2D eigenvalue weighted by Gasteiger charge is 2.39. The minimum atomic E-state index is -4.02. The zero-order valence-electron chi connectivity index (χ0n) is 8.31. The third-order valence-corrected chi connectivity index (χ3v) is 4.53. The minimum Gasteiger partial charge on any atom is -0.748 e. The van der Waals surface area contributed by atoms with Crippen molar-refractivity contribution in [2.75, 3.05) is 31.9 Å². The number of hydrogen-bond acceptors (Lipinski definition) is 3. The van der Waals surface area contributed by atoms with E-state index in [0.29, 0.717) is 6.54 Å². The number of hydrogen-bond donors (Lipinski definition) is 0. The lowest BCUT2D eigenvalue weighted by molar-refractivity contribution is -0.940. The van der Waals surface area contributed by atoms with Crippen LogP contribution < -0.4 is 0 Å². The van der Waals surface area contributed by atoms with Crippen LogP contribution in [0.2, 0.25) is 0 Å². The number of piperidine rings is 3. The molecule has 0 aromatic rings. The first-order chi connectivity index (χ1) is 6.49. The molecule has 82 valence electrons. The van der Waals surface area contributed by atoms with Crippen molar-refractivity contribution in [1.82, 2.24) is 0 Å². The van der Waals surface area contributed by atoms with Gasteiger partial charge in [-0.15, -0.1) is 0 Å². The molecule has 3 aliphatic rings. The van der Waals surface area contributed by atoms with Crippen molar-refractivity contribution in [3.63, 3.8) is 0 Å². The van der Waals surface area contributed by atoms with E-state index in [0.717, 1.165) is 30.0 Å². The fraction of sp³-hybridized carbons (Fsp3) is 1.00. The Morgan fingerprint density at radius 3 is 2.07 bits per heavy atom. The van der Waals surface area contributed by atoms with Gasteiger partial charge in [-0.1, -0.05) is 0 Å². The highest BCUT2D eigenvalue weighted by molar-refractivity contribution is 7.85. The molecule has 0 aromatic heterocycles. The van der Waals surface area contributed by atoms with Crippen molar-refractivity contribution >= 4 is 10.1 Å².